The number of amides is 4. The van der Waals surface area contributed by atoms with Gasteiger partial charge in [0.05, 0.1) is 6.61 Å². The first kappa shape index (κ1) is 38.4. The smallest absolute Gasteiger partial charge is 0.407 e. The van der Waals surface area contributed by atoms with E-state index in [0.717, 1.165) is 0 Å². The van der Waals surface area contributed by atoms with Gasteiger partial charge >= 0.3 is 12.1 Å². The second-order valence-electron chi connectivity index (χ2n) is 10.9. The van der Waals surface area contributed by atoms with Gasteiger partial charge in [-0.2, -0.15) is 0 Å². The van der Waals surface area contributed by atoms with Crippen molar-refractivity contribution in [2.45, 2.75) is 91.0 Å². The molecule has 5 N–H and O–H groups in total. The highest BCUT2D eigenvalue weighted by Crippen LogP contribution is 2.08. The number of unbranched alkanes of at least 4 members (excludes halogenated alkanes) is 1. The van der Waals surface area contributed by atoms with E-state index in [-0.39, 0.29) is 44.7 Å². The summed E-state index contributed by atoms with van der Waals surface area (Å²) in [5.41, 5.74) is 7.71. The van der Waals surface area contributed by atoms with E-state index in [1.54, 1.807) is 41.5 Å². The highest BCUT2D eigenvalue weighted by Gasteiger charge is 2.28. The molecule has 0 bridgehead atoms. The molecule has 3 atom stereocenters. The van der Waals surface area contributed by atoms with Crippen LogP contribution in [0.15, 0.2) is 5.11 Å². The molecule has 0 saturated carbocycles. The zero-order valence-corrected chi connectivity index (χ0v) is 25.4. The Kier molecular flexibility index (Phi) is 19.3. The molecule has 0 rings (SSSR count). The normalized spacial score (nSPS) is 13.2. The van der Waals surface area contributed by atoms with Gasteiger partial charge in [-0.3, -0.25) is 14.4 Å². The lowest BCUT2D eigenvalue weighted by Gasteiger charge is -2.24. The standard InChI is InChI=1S/C26H47N7O9/c1-17(2)22(23(36)30-19(24(37)38)9-7-8-11-29-25(39)42-26(4,5)6)31-21(35)16-41-15-20(34)28-12-14-40-13-10-18(3)32-33-27/h17-19,22H,7-16H2,1-6H3,(H,28,34)(H,29,39)(H,30,36)(H,31,35)(H,37,38)/t18?,19-,22-/m0/s1. The molecule has 0 aromatic rings. The van der Waals surface area contributed by atoms with Crippen molar-refractivity contribution in [3.63, 3.8) is 0 Å². The van der Waals surface area contributed by atoms with Gasteiger partial charge in [-0.15, -0.1) is 0 Å². The molecule has 0 aromatic heterocycles. The predicted molar refractivity (Wildman–Crippen MR) is 152 cm³/mol. The van der Waals surface area contributed by atoms with Crippen LogP contribution in [-0.4, -0.2) is 98.1 Å². The molecule has 42 heavy (non-hydrogen) atoms. The first-order valence-electron chi connectivity index (χ1n) is 13.9. The van der Waals surface area contributed by atoms with Gasteiger partial charge in [-0.05, 0) is 57.9 Å². The van der Waals surface area contributed by atoms with Crippen LogP contribution in [-0.2, 0) is 33.4 Å². The summed E-state index contributed by atoms with van der Waals surface area (Å²) in [6.45, 7) is 10.6. The fourth-order valence-corrected chi connectivity index (χ4v) is 3.30. The average molecular weight is 602 g/mol. The third-order valence-electron chi connectivity index (χ3n) is 5.43. The molecule has 0 radical (unpaired) electrons. The number of alkyl carbamates (subject to hydrolysis) is 1. The second kappa shape index (κ2) is 21.1. The Morgan fingerprint density at radius 3 is 2.14 bits per heavy atom. The lowest BCUT2D eigenvalue weighted by molar-refractivity contribution is -0.142. The third-order valence-corrected chi connectivity index (χ3v) is 5.43. The number of aliphatic carboxylic acids is 1. The monoisotopic (exact) mass is 601 g/mol. The molecule has 0 heterocycles. The molecule has 0 aliphatic carbocycles. The Morgan fingerprint density at radius 1 is 0.881 bits per heavy atom. The number of nitrogens with one attached hydrogen (secondary N) is 4. The van der Waals surface area contributed by atoms with Gasteiger partial charge in [0.2, 0.25) is 17.7 Å². The van der Waals surface area contributed by atoms with Crippen LogP contribution in [0.1, 0.15) is 67.2 Å². The van der Waals surface area contributed by atoms with Crippen LogP contribution in [0.3, 0.4) is 0 Å². The summed E-state index contributed by atoms with van der Waals surface area (Å²) in [5, 5.41) is 23.2. The van der Waals surface area contributed by atoms with Gasteiger partial charge in [-0.1, -0.05) is 25.9 Å². The zero-order valence-electron chi connectivity index (χ0n) is 25.4. The summed E-state index contributed by atoms with van der Waals surface area (Å²) in [7, 11) is 0. The first-order chi connectivity index (χ1) is 19.7. The zero-order chi connectivity index (χ0) is 32.1. The number of nitrogens with zero attached hydrogens (tertiary/aromatic N) is 3. The molecule has 0 spiro atoms. The summed E-state index contributed by atoms with van der Waals surface area (Å²) in [4.78, 5) is 63.1. The maximum absolute atomic E-state index is 12.8. The molecule has 16 heteroatoms. The van der Waals surface area contributed by atoms with Crippen LogP contribution in [0.25, 0.3) is 10.4 Å². The van der Waals surface area contributed by atoms with E-state index in [4.69, 9.17) is 19.7 Å². The minimum atomic E-state index is -1.22. The maximum Gasteiger partial charge on any atom is 0.407 e. The van der Waals surface area contributed by atoms with Crippen LogP contribution < -0.4 is 21.3 Å². The fourth-order valence-electron chi connectivity index (χ4n) is 3.30. The molecule has 0 aliphatic rings. The van der Waals surface area contributed by atoms with Crippen molar-refractivity contribution in [3.05, 3.63) is 10.4 Å². The van der Waals surface area contributed by atoms with E-state index in [0.29, 0.717) is 25.9 Å². The van der Waals surface area contributed by atoms with E-state index in [1.807, 2.05) is 0 Å². The van der Waals surface area contributed by atoms with Crippen molar-refractivity contribution in [2.75, 3.05) is 39.5 Å². The van der Waals surface area contributed by atoms with E-state index >= 15 is 0 Å². The molecular formula is C26H47N7O9. The van der Waals surface area contributed by atoms with Gasteiger partial charge in [0, 0.05) is 30.6 Å². The molecule has 0 saturated heterocycles. The van der Waals surface area contributed by atoms with Gasteiger partial charge in [0.25, 0.3) is 0 Å². The topological polar surface area (TPSA) is 230 Å². The van der Waals surface area contributed by atoms with E-state index in [2.05, 4.69) is 31.3 Å². The Labute approximate surface area is 246 Å². The predicted octanol–water partition coefficient (Wildman–Crippen LogP) is 1.63. The number of rotatable bonds is 21. The van der Waals surface area contributed by atoms with Crippen LogP contribution >= 0.6 is 0 Å². The van der Waals surface area contributed by atoms with Crippen LogP contribution in [0, 0.1) is 5.92 Å². The molecule has 1 unspecified atom stereocenters. The molecule has 0 aliphatic heterocycles. The van der Waals surface area contributed by atoms with E-state index in [9.17, 15) is 29.1 Å². The number of hydrogen-bond acceptors (Lipinski definition) is 9. The van der Waals surface area contributed by atoms with Gasteiger partial charge < -0.3 is 40.6 Å². The molecule has 0 aromatic carbocycles. The quantitative estimate of drug-likeness (QED) is 0.0556. The highest BCUT2D eigenvalue weighted by atomic mass is 16.6. The van der Waals surface area contributed by atoms with Crippen molar-refractivity contribution in [3.8, 4) is 0 Å². The molecule has 16 nitrogen and oxygen atoms in total. The number of azide groups is 1. The summed E-state index contributed by atoms with van der Waals surface area (Å²) in [6.07, 6.45) is 0.983. The number of carboxylic acid groups (broad SMARTS) is 1. The average Bonchev–Trinajstić information content (AvgIpc) is 2.87. The Morgan fingerprint density at radius 2 is 1.55 bits per heavy atom. The molecule has 0 fully saturated rings. The highest BCUT2D eigenvalue weighted by molar-refractivity contribution is 5.91. The number of carboxylic acids is 1. The van der Waals surface area contributed by atoms with E-state index in [1.165, 1.54) is 0 Å². The Hall–Kier alpha value is -3.62. The third kappa shape index (κ3) is 20.3. The number of carbonyl (C=O) groups is 5. The lowest BCUT2D eigenvalue weighted by atomic mass is 10.0. The van der Waals surface area contributed by atoms with Crippen molar-refractivity contribution >= 4 is 29.8 Å². The van der Waals surface area contributed by atoms with Crippen molar-refractivity contribution in [1.82, 2.24) is 21.3 Å². The minimum absolute atomic E-state index is 0.119. The lowest BCUT2D eigenvalue weighted by Crippen LogP contribution is -2.54. The number of carbonyl (C=O) groups excluding carboxylic acids is 4. The van der Waals surface area contributed by atoms with Crippen LogP contribution in [0.2, 0.25) is 0 Å². The Balaban J connectivity index is 4.42. The summed E-state index contributed by atoms with van der Waals surface area (Å²) in [5.74, 6) is -3.35. The SMILES string of the molecule is CC(CCOCCNC(=O)COCC(=O)N[C@H](C(=O)N[C@@H](CCCCNC(=O)OC(C)(C)C)C(=O)O)C(C)C)N=[N+]=[N-]. The summed E-state index contributed by atoms with van der Waals surface area (Å²) in [6, 6.07) is -2.39. The molecule has 4 amide bonds. The number of ether oxygens (including phenoxy) is 3. The molecular weight excluding hydrogens is 554 g/mol. The minimum Gasteiger partial charge on any atom is -0.480 e. The van der Waals surface area contributed by atoms with E-state index < -0.39 is 54.1 Å². The number of hydrogen-bond donors (Lipinski definition) is 5. The van der Waals surface area contributed by atoms with Gasteiger partial charge in [0.1, 0.15) is 30.9 Å². The van der Waals surface area contributed by atoms with Crippen molar-refractivity contribution < 1.29 is 43.3 Å². The largest absolute Gasteiger partial charge is 0.480 e. The van der Waals surface area contributed by atoms with Crippen molar-refractivity contribution in [2.24, 2.45) is 11.0 Å². The first-order valence-corrected chi connectivity index (χ1v) is 13.9. The maximum atomic E-state index is 12.8. The van der Waals surface area contributed by atoms with Gasteiger partial charge in [0.15, 0.2) is 0 Å². The van der Waals surface area contributed by atoms with Crippen LogP contribution in [0.4, 0.5) is 4.79 Å². The second-order valence-corrected chi connectivity index (χ2v) is 10.9. The fraction of sp³-hybridized carbons (Fsp3) is 0.808. The molecule has 240 valence electrons. The van der Waals surface area contributed by atoms with Crippen molar-refractivity contribution in [1.29, 1.82) is 0 Å². The van der Waals surface area contributed by atoms with Gasteiger partial charge in [-0.25, -0.2) is 9.59 Å². The Bertz CT molecular complexity index is 918. The summed E-state index contributed by atoms with van der Waals surface area (Å²) >= 11 is 0. The van der Waals surface area contributed by atoms with Crippen LogP contribution in [0.5, 0.6) is 0 Å². The summed E-state index contributed by atoms with van der Waals surface area (Å²) < 4.78 is 15.6.